The summed E-state index contributed by atoms with van der Waals surface area (Å²) in [6, 6.07) is 11.5. The molecule has 0 fully saturated rings. The molecule has 0 radical (unpaired) electrons. The number of benzene rings is 1. The summed E-state index contributed by atoms with van der Waals surface area (Å²) in [6.45, 7) is 0. The summed E-state index contributed by atoms with van der Waals surface area (Å²) in [5.41, 5.74) is 1.45. The molecule has 1 aromatic heterocycles. The first-order valence-electron chi connectivity index (χ1n) is 4.26. The van der Waals surface area contributed by atoms with E-state index in [1.165, 1.54) is 11.3 Å². The molecule has 0 spiro atoms. The van der Waals surface area contributed by atoms with Crippen LogP contribution in [0, 0.1) is 2.88 Å². The minimum Gasteiger partial charge on any atom is -0.478 e. The molecule has 0 bridgehead atoms. The second kappa shape index (κ2) is 4.32. The monoisotopic (exact) mass is 330 g/mol. The van der Waals surface area contributed by atoms with Crippen LogP contribution in [0.3, 0.4) is 0 Å². The maximum Gasteiger partial charge on any atom is 0.337 e. The van der Waals surface area contributed by atoms with E-state index < -0.39 is 5.97 Å². The number of carboxylic acid groups (broad SMARTS) is 1. The molecule has 1 aromatic carbocycles. The minimum absolute atomic E-state index is 0.388. The molecule has 2 aromatic rings. The van der Waals surface area contributed by atoms with Gasteiger partial charge in [-0.25, -0.2) is 4.79 Å². The fraction of sp³-hybridized carbons (Fsp3) is 0. The molecule has 0 aliphatic carbocycles. The van der Waals surface area contributed by atoms with Crippen LogP contribution in [0.1, 0.15) is 10.4 Å². The normalized spacial score (nSPS) is 10.2. The second-order valence-corrected chi connectivity index (χ2v) is 5.83. The van der Waals surface area contributed by atoms with E-state index in [1.807, 2.05) is 30.3 Å². The van der Waals surface area contributed by atoms with Gasteiger partial charge in [-0.2, -0.15) is 0 Å². The van der Waals surface area contributed by atoms with E-state index in [1.54, 1.807) is 6.07 Å². The summed E-state index contributed by atoms with van der Waals surface area (Å²) in [5, 5.41) is 8.93. The Kier molecular flexibility index (Phi) is 3.06. The van der Waals surface area contributed by atoms with E-state index >= 15 is 0 Å². The van der Waals surface area contributed by atoms with Crippen molar-refractivity contribution in [1.82, 2.24) is 0 Å². The molecule has 0 saturated carbocycles. The number of thiophene rings is 1. The lowest BCUT2D eigenvalue weighted by molar-refractivity contribution is 0.0696. The summed E-state index contributed by atoms with van der Waals surface area (Å²) in [7, 11) is 0. The first-order chi connectivity index (χ1) is 7.18. The third-order valence-corrected chi connectivity index (χ3v) is 4.19. The van der Waals surface area contributed by atoms with Gasteiger partial charge in [-0.1, -0.05) is 30.3 Å². The quantitative estimate of drug-likeness (QED) is 0.852. The Hall–Kier alpha value is -0.880. The van der Waals surface area contributed by atoms with Crippen LogP contribution in [0.5, 0.6) is 0 Å². The highest BCUT2D eigenvalue weighted by molar-refractivity contribution is 14.1. The van der Waals surface area contributed by atoms with Crippen molar-refractivity contribution < 1.29 is 9.90 Å². The number of halogens is 1. The Morgan fingerprint density at radius 1 is 1.27 bits per heavy atom. The molecule has 2 rings (SSSR count). The maximum atomic E-state index is 10.9. The fourth-order valence-corrected chi connectivity index (χ4v) is 3.24. The molecule has 4 heteroatoms. The van der Waals surface area contributed by atoms with Crippen molar-refractivity contribution in [2.24, 2.45) is 0 Å². The molecule has 1 heterocycles. The van der Waals surface area contributed by atoms with Crippen LogP contribution in [-0.4, -0.2) is 11.1 Å². The summed E-state index contributed by atoms with van der Waals surface area (Å²) < 4.78 is 0.818. The van der Waals surface area contributed by atoms with Crippen molar-refractivity contribution in [2.45, 2.75) is 0 Å². The lowest BCUT2D eigenvalue weighted by Crippen LogP contribution is -1.94. The van der Waals surface area contributed by atoms with Crippen molar-refractivity contribution in [3.05, 3.63) is 44.8 Å². The van der Waals surface area contributed by atoms with Gasteiger partial charge in [0.2, 0.25) is 0 Å². The smallest absolute Gasteiger partial charge is 0.337 e. The average Bonchev–Trinajstić information content (AvgIpc) is 2.62. The van der Waals surface area contributed by atoms with Gasteiger partial charge in [0.1, 0.15) is 0 Å². The lowest BCUT2D eigenvalue weighted by atomic mass is 10.2. The first-order valence-corrected chi connectivity index (χ1v) is 6.16. The minimum atomic E-state index is -0.863. The number of hydrogen-bond donors (Lipinski definition) is 1. The summed E-state index contributed by atoms with van der Waals surface area (Å²) in [6.07, 6.45) is 0. The van der Waals surface area contributed by atoms with Crippen LogP contribution >= 0.6 is 33.9 Å². The molecule has 0 saturated heterocycles. The Balaban J connectivity index is 2.48. The van der Waals surface area contributed by atoms with Gasteiger partial charge in [-0.15, -0.1) is 11.3 Å². The zero-order valence-electron chi connectivity index (χ0n) is 7.61. The van der Waals surface area contributed by atoms with Crippen LogP contribution in [0.15, 0.2) is 36.4 Å². The Morgan fingerprint density at radius 3 is 2.47 bits per heavy atom. The zero-order valence-corrected chi connectivity index (χ0v) is 10.6. The standard InChI is InChI=1S/C11H7IO2S/c12-10-8(11(13)14)6-9(15-10)7-4-2-1-3-5-7/h1-6H,(H,13,14). The van der Waals surface area contributed by atoms with Gasteiger partial charge in [0.05, 0.1) is 8.45 Å². The molecule has 15 heavy (non-hydrogen) atoms. The zero-order chi connectivity index (χ0) is 10.8. The van der Waals surface area contributed by atoms with Crippen molar-refractivity contribution in [2.75, 3.05) is 0 Å². The van der Waals surface area contributed by atoms with Gasteiger partial charge in [0, 0.05) is 4.88 Å². The van der Waals surface area contributed by atoms with Gasteiger partial charge < -0.3 is 5.11 Å². The Bertz CT molecular complexity index is 491. The number of carbonyl (C=O) groups is 1. The number of rotatable bonds is 2. The molecule has 2 nitrogen and oxygen atoms in total. The van der Waals surface area contributed by atoms with Crippen molar-refractivity contribution in [1.29, 1.82) is 0 Å². The SMILES string of the molecule is O=C(O)c1cc(-c2ccccc2)sc1I. The predicted molar refractivity (Wildman–Crippen MR) is 69.4 cm³/mol. The predicted octanol–water partition coefficient (Wildman–Crippen LogP) is 3.72. The van der Waals surface area contributed by atoms with Crippen LogP contribution in [-0.2, 0) is 0 Å². The molecule has 0 aliphatic heterocycles. The van der Waals surface area contributed by atoms with Crippen LogP contribution in [0.2, 0.25) is 0 Å². The van der Waals surface area contributed by atoms with Gasteiger partial charge in [0.15, 0.2) is 0 Å². The van der Waals surface area contributed by atoms with E-state index in [4.69, 9.17) is 5.11 Å². The van der Waals surface area contributed by atoms with Crippen molar-refractivity contribution in [3.63, 3.8) is 0 Å². The molecule has 1 N–H and O–H groups in total. The number of carboxylic acids is 1. The van der Waals surface area contributed by atoms with E-state index in [-0.39, 0.29) is 0 Å². The second-order valence-electron chi connectivity index (χ2n) is 2.97. The molecular formula is C11H7IO2S. The van der Waals surface area contributed by atoms with Gasteiger partial charge in [-0.3, -0.25) is 0 Å². The van der Waals surface area contributed by atoms with Crippen LogP contribution < -0.4 is 0 Å². The highest BCUT2D eigenvalue weighted by Gasteiger charge is 2.13. The van der Waals surface area contributed by atoms with Crippen LogP contribution in [0.4, 0.5) is 0 Å². The summed E-state index contributed by atoms with van der Waals surface area (Å²) in [4.78, 5) is 11.9. The molecule has 0 unspecified atom stereocenters. The maximum absolute atomic E-state index is 10.9. The van der Waals surface area contributed by atoms with E-state index in [9.17, 15) is 4.79 Å². The lowest BCUT2D eigenvalue weighted by Gasteiger charge is -1.93. The molecule has 0 aliphatic rings. The molecule has 0 atom stereocenters. The van der Waals surface area contributed by atoms with Crippen LogP contribution in [0.25, 0.3) is 10.4 Å². The Morgan fingerprint density at radius 2 is 1.93 bits per heavy atom. The summed E-state index contributed by atoms with van der Waals surface area (Å²) >= 11 is 3.56. The van der Waals surface area contributed by atoms with Gasteiger partial charge in [-0.05, 0) is 34.2 Å². The highest BCUT2D eigenvalue weighted by Crippen LogP contribution is 2.32. The molecular weight excluding hydrogens is 323 g/mol. The van der Waals surface area contributed by atoms with E-state index in [0.717, 1.165) is 13.3 Å². The third-order valence-electron chi connectivity index (χ3n) is 1.98. The van der Waals surface area contributed by atoms with Gasteiger partial charge in [0.25, 0.3) is 0 Å². The Labute approximate surface area is 105 Å². The largest absolute Gasteiger partial charge is 0.478 e. The molecule has 76 valence electrons. The number of aromatic carboxylic acids is 1. The van der Waals surface area contributed by atoms with E-state index in [0.29, 0.717) is 5.56 Å². The molecule has 0 amide bonds. The first kappa shape index (κ1) is 10.6. The van der Waals surface area contributed by atoms with Gasteiger partial charge >= 0.3 is 5.97 Å². The average molecular weight is 330 g/mol. The van der Waals surface area contributed by atoms with Crippen molar-refractivity contribution >= 4 is 39.9 Å². The summed E-state index contributed by atoms with van der Waals surface area (Å²) in [5.74, 6) is -0.863. The van der Waals surface area contributed by atoms with E-state index in [2.05, 4.69) is 22.6 Å². The number of hydrogen-bond acceptors (Lipinski definition) is 2. The highest BCUT2D eigenvalue weighted by atomic mass is 127. The fourth-order valence-electron chi connectivity index (χ4n) is 1.26. The third kappa shape index (κ3) is 2.21. The van der Waals surface area contributed by atoms with Crippen molar-refractivity contribution in [3.8, 4) is 10.4 Å². The topological polar surface area (TPSA) is 37.3 Å².